The molecule has 2 N–H and O–H groups in total. The fourth-order valence-corrected chi connectivity index (χ4v) is 2.94. The molecule has 6 heteroatoms. The monoisotopic (exact) mass is 394 g/mol. The van der Waals surface area contributed by atoms with Crippen molar-refractivity contribution in [2.45, 2.75) is 26.2 Å². The Balaban J connectivity index is 1.58. The van der Waals surface area contributed by atoms with Crippen LogP contribution in [-0.4, -0.2) is 22.4 Å². The van der Waals surface area contributed by atoms with Crippen LogP contribution in [-0.2, 0) is 6.42 Å². The van der Waals surface area contributed by atoms with Crippen LogP contribution in [0.2, 0.25) is 5.02 Å². The first-order chi connectivity index (χ1) is 13.5. The van der Waals surface area contributed by atoms with Gasteiger partial charge in [-0.25, -0.2) is 9.97 Å². The molecule has 1 aromatic heterocycles. The van der Waals surface area contributed by atoms with Crippen molar-refractivity contribution in [1.29, 1.82) is 0 Å². The molecule has 5 nitrogen and oxygen atoms in total. The summed E-state index contributed by atoms with van der Waals surface area (Å²) < 4.78 is 0. The molecule has 0 radical (unpaired) electrons. The third-order valence-corrected chi connectivity index (χ3v) is 4.55. The second-order valence-electron chi connectivity index (χ2n) is 6.80. The Hall–Kier alpha value is -2.92. The largest absolute Gasteiger partial charge is 0.350 e. The number of rotatable bonds is 7. The maximum absolute atomic E-state index is 12.4. The quantitative estimate of drug-likeness (QED) is 0.593. The summed E-state index contributed by atoms with van der Waals surface area (Å²) in [4.78, 5) is 20.9. The van der Waals surface area contributed by atoms with Crippen molar-refractivity contribution < 1.29 is 4.79 Å². The number of nitrogens with one attached hydrogen (secondary N) is 2. The van der Waals surface area contributed by atoms with E-state index in [-0.39, 0.29) is 5.91 Å². The van der Waals surface area contributed by atoms with Gasteiger partial charge in [-0.3, -0.25) is 4.79 Å². The van der Waals surface area contributed by atoms with Crippen molar-refractivity contribution in [3.05, 3.63) is 82.6 Å². The average molecular weight is 395 g/mol. The van der Waals surface area contributed by atoms with Gasteiger partial charge in [0.05, 0.1) is 0 Å². The lowest BCUT2D eigenvalue weighted by Crippen LogP contribution is -2.26. The Morgan fingerprint density at radius 3 is 2.61 bits per heavy atom. The number of benzene rings is 2. The molecule has 0 bridgehead atoms. The summed E-state index contributed by atoms with van der Waals surface area (Å²) >= 11 is 5.98. The van der Waals surface area contributed by atoms with Crippen molar-refractivity contribution in [3.8, 4) is 0 Å². The summed E-state index contributed by atoms with van der Waals surface area (Å²) in [6, 6.07) is 17.3. The maximum Gasteiger partial charge on any atom is 0.270 e. The number of amides is 1. The molecule has 0 saturated carbocycles. The van der Waals surface area contributed by atoms with E-state index in [0.717, 1.165) is 11.3 Å². The van der Waals surface area contributed by atoms with Gasteiger partial charge in [-0.2, -0.15) is 0 Å². The predicted octanol–water partition coefficient (Wildman–Crippen LogP) is 4.97. The molecule has 0 aliphatic carbocycles. The number of hydrogen-bond acceptors (Lipinski definition) is 4. The first-order valence-corrected chi connectivity index (χ1v) is 9.62. The normalized spacial score (nSPS) is 10.7. The molecule has 0 unspecified atom stereocenters. The highest BCUT2D eigenvalue weighted by molar-refractivity contribution is 6.30. The zero-order valence-electron chi connectivity index (χ0n) is 15.9. The Kier molecular flexibility index (Phi) is 6.61. The van der Waals surface area contributed by atoms with Gasteiger partial charge < -0.3 is 10.6 Å². The van der Waals surface area contributed by atoms with Crippen molar-refractivity contribution in [2.75, 3.05) is 11.9 Å². The number of halogens is 1. The first-order valence-electron chi connectivity index (χ1n) is 9.24. The van der Waals surface area contributed by atoms with Crippen molar-refractivity contribution in [3.63, 3.8) is 0 Å². The maximum atomic E-state index is 12.4. The van der Waals surface area contributed by atoms with Gasteiger partial charge in [-0.1, -0.05) is 49.7 Å². The first kappa shape index (κ1) is 19.8. The smallest absolute Gasteiger partial charge is 0.270 e. The highest BCUT2D eigenvalue weighted by Gasteiger charge is 2.09. The minimum atomic E-state index is -0.234. The van der Waals surface area contributed by atoms with Crippen LogP contribution >= 0.6 is 11.6 Å². The van der Waals surface area contributed by atoms with Crippen LogP contribution in [0.5, 0.6) is 0 Å². The fraction of sp³-hybridized carbons (Fsp3) is 0.227. The van der Waals surface area contributed by atoms with Crippen LogP contribution < -0.4 is 10.6 Å². The second kappa shape index (κ2) is 9.33. The molecule has 3 rings (SSSR count). The molecule has 0 aliphatic rings. The van der Waals surface area contributed by atoms with Gasteiger partial charge in [-0.05, 0) is 53.8 Å². The molecule has 0 atom stereocenters. The van der Waals surface area contributed by atoms with Crippen LogP contribution in [0.25, 0.3) is 0 Å². The van der Waals surface area contributed by atoms with Gasteiger partial charge in [0.15, 0.2) is 0 Å². The third-order valence-electron chi connectivity index (χ3n) is 4.31. The molecule has 0 aliphatic heterocycles. The topological polar surface area (TPSA) is 66.9 Å². The average Bonchev–Trinajstić information content (AvgIpc) is 2.68. The Bertz CT molecular complexity index is 941. The fourth-order valence-electron chi connectivity index (χ4n) is 2.73. The van der Waals surface area contributed by atoms with Crippen molar-refractivity contribution in [1.82, 2.24) is 15.3 Å². The SMILES string of the molecule is CC(C)c1ccc(Nc2nccc(C(=O)NCCc3cccc(Cl)c3)n2)cc1. The lowest BCUT2D eigenvalue weighted by molar-refractivity contribution is 0.0949. The molecule has 2 aromatic carbocycles. The molecule has 0 fully saturated rings. The van der Waals surface area contributed by atoms with Gasteiger partial charge in [0.2, 0.25) is 5.95 Å². The highest BCUT2D eigenvalue weighted by atomic mass is 35.5. The summed E-state index contributed by atoms with van der Waals surface area (Å²) in [5.74, 6) is 0.631. The van der Waals surface area contributed by atoms with Gasteiger partial charge in [0.25, 0.3) is 5.91 Å². The van der Waals surface area contributed by atoms with Gasteiger partial charge in [-0.15, -0.1) is 0 Å². The Labute approximate surface area is 170 Å². The molecule has 3 aromatic rings. The standard InChI is InChI=1S/C22H23ClN4O/c1-15(2)17-6-8-19(9-7-17)26-22-25-13-11-20(27-22)21(28)24-12-10-16-4-3-5-18(23)14-16/h3-9,11,13-15H,10,12H2,1-2H3,(H,24,28)(H,25,26,27). The molecule has 0 saturated heterocycles. The number of nitrogens with zero attached hydrogens (tertiary/aromatic N) is 2. The molecule has 1 heterocycles. The van der Waals surface area contributed by atoms with Crippen LogP contribution in [0, 0.1) is 0 Å². The molecule has 0 spiro atoms. The molecular weight excluding hydrogens is 372 g/mol. The van der Waals surface area contributed by atoms with E-state index in [9.17, 15) is 4.79 Å². The summed E-state index contributed by atoms with van der Waals surface area (Å²) in [6.07, 6.45) is 2.27. The minimum Gasteiger partial charge on any atom is -0.350 e. The summed E-state index contributed by atoms with van der Waals surface area (Å²) in [7, 11) is 0. The third kappa shape index (κ3) is 5.54. The van der Waals surface area contributed by atoms with E-state index >= 15 is 0 Å². The van der Waals surface area contributed by atoms with Crippen molar-refractivity contribution >= 4 is 29.1 Å². The van der Waals surface area contributed by atoms with E-state index in [0.29, 0.717) is 35.5 Å². The van der Waals surface area contributed by atoms with Crippen LogP contribution in [0.3, 0.4) is 0 Å². The summed E-state index contributed by atoms with van der Waals surface area (Å²) in [5.41, 5.74) is 3.53. The molecule has 1 amide bonds. The lowest BCUT2D eigenvalue weighted by atomic mass is 10.0. The number of carbonyl (C=O) groups excluding carboxylic acids is 1. The van der Waals surface area contributed by atoms with Gasteiger partial charge >= 0.3 is 0 Å². The molecule has 144 valence electrons. The zero-order chi connectivity index (χ0) is 19.9. The lowest BCUT2D eigenvalue weighted by Gasteiger charge is -2.09. The number of hydrogen-bond donors (Lipinski definition) is 2. The van der Waals surface area contributed by atoms with E-state index in [1.54, 1.807) is 12.3 Å². The minimum absolute atomic E-state index is 0.234. The van der Waals surface area contributed by atoms with Gasteiger partial charge in [0.1, 0.15) is 5.69 Å². The van der Waals surface area contributed by atoms with Crippen LogP contribution in [0.15, 0.2) is 60.8 Å². The number of aromatic nitrogens is 2. The molecule has 28 heavy (non-hydrogen) atoms. The zero-order valence-corrected chi connectivity index (χ0v) is 16.7. The van der Waals surface area contributed by atoms with E-state index in [4.69, 9.17) is 11.6 Å². The van der Waals surface area contributed by atoms with Crippen LogP contribution in [0.4, 0.5) is 11.6 Å². The van der Waals surface area contributed by atoms with Crippen LogP contribution in [0.1, 0.15) is 41.4 Å². The predicted molar refractivity (Wildman–Crippen MR) is 113 cm³/mol. The van der Waals surface area contributed by atoms with E-state index < -0.39 is 0 Å². The number of carbonyl (C=O) groups is 1. The summed E-state index contributed by atoms with van der Waals surface area (Å²) in [6.45, 7) is 4.81. The molecular formula is C22H23ClN4O. The Morgan fingerprint density at radius 1 is 1.11 bits per heavy atom. The number of anilines is 2. The Morgan fingerprint density at radius 2 is 1.89 bits per heavy atom. The van der Waals surface area contributed by atoms with Crippen molar-refractivity contribution in [2.24, 2.45) is 0 Å². The van der Waals surface area contributed by atoms with E-state index in [1.807, 2.05) is 36.4 Å². The van der Waals surface area contributed by atoms with Gasteiger partial charge in [0, 0.05) is 23.5 Å². The highest BCUT2D eigenvalue weighted by Crippen LogP contribution is 2.19. The second-order valence-corrected chi connectivity index (χ2v) is 7.24. The van der Waals surface area contributed by atoms with E-state index in [1.165, 1.54) is 5.56 Å². The van der Waals surface area contributed by atoms with E-state index in [2.05, 4.69) is 46.6 Å². The summed E-state index contributed by atoms with van der Waals surface area (Å²) in [5, 5.41) is 6.71.